The molecule has 11 nitrogen and oxygen atoms in total. The predicted octanol–water partition coefficient (Wildman–Crippen LogP) is 10.00. The summed E-state index contributed by atoms with van der Waals surface area (Å²) in [7, 11) is 0. The molecule has 2 N–H and O–H groups in total. The standard InChI is InChI=1S/C46H68N4O7/c1-31-12-11-13-34(26-31)37(20-23-50(43(53)57-46(8,9)10)36-17-15-35(16-18-36)48-42(52)56-45(5,6)7)39-30-49(29-32-21-24-54-25-22-32)40-19-14-33(27-38(39)40)28-47-41(51)55-44(2,3)4/h11-14,19,26-27,30,32,35-37H,15-18,20-25,28-29H2,1-10H3,(H,47,51)(H,48,52)/t35-,36+,37?. The van der Waals surface area contributed by atoms with Crippen LogP contribution < -0.4 is 10.6 Å². The van der Waals surface area contributed by atoms with E-state index in [-0.39, 0.29) is 24.1 Å². The third-order valence-electron chi connectivity index (χ3n) is 10.6. The summed E-state index contributed by atoms with van der Waals surface area (Å²) in [5, 5.41) is 7.12. The molecule has 0 bridgehead atoms. The van der Waals surface area contributed by atoms with Crippen molar-refractivity contribution in [2.75, 3.05) is 19.8 Å². The van der Waals surface area contributed by atoms with Gasteiger partial charge in [0.25, 0.3) is 0 Å². The first-order chi connectivity index (χ1) is 26.7. The molecule has 5 rings (SSSR count). The van der Waals surface area contributed by atoms with Gasteiger partial charge in [0.1, 0.15) is 16.8 Å². The normalized spacial score (nSPS) is 18.8. The van der Waals surface area contributed by atoms with E-state index in [2.05, 4.69) is 70.8 Å². The van der Waals surface area contributed by atoms with Gasteiger partial charge in [-0.2, -0.15) is 0 Å². The summed E-state index contributed by atoms with van der Waals surface area (Å²) >= 11 is 0. The number of carbonyl (C=O) groups excluding carboxylic acids is 3. The summed E-state index contributed by atoms with van der Waals surface area (Å²) in [6.45, 7) is 22.3. The first-order valence-electron chi connectivity index (χ1n) is 20.9. The van der Waals surface area contributed by atoms with E-state index in [1.54, 1.807) is 0 Å². The molecular formula is C46H68N4O7. The van der Waals surface area contributed by atoms with Crippen molar-refractivity contribution in [1.82, 2.24) is 20.1 Å². The number of carbonyl (C=O) groups is 3. The number of ether oxygens (including phenoxy) is 4. The van der Waals surface area contributed by atoms with Gasteiger partial charge in [-0.05, 0) is 149 Å². The lowest BCUT2D eigenvalue weighted by Crippen LogP contribution is -2.48. The third-order valence-corrected chi connectivity index (χ3v) is 10.6. The number of nitrogens with one attached hydrogen (secondary N) is 2. The number of nitrogens with zero attached hydrogens (tertiary/aromatic N) is 2. The van der Waals surface area contributed by atoms with E-state index >= 15 is 0 Å². The van der Waals surface area contributed by atoms with E-state index in [4.69, 9.17) is 18.9 Å². The quantitative estimate of drug-likeness (QED) is 0.186. The molecule has 2 aliphatic rings. The Labute approximate surface area is 340 Å². The number of fused-ring (bicyclic) bond motifs is 1. The molecule has 1 saturated carbocycles. The summed E-state index contributed by atoms with van der Waals surface area (Å²) in [6, 6.07) is 15.1. The van der Waals surface area contributed by atoms with E-state index in [0.717, 1.165) is 74.7 Å². The second-order valence-electron chi connectivity index (χ2n) is 19.1. The molecule has 1 aromatic heterocycles. The van der Waals surface area contributed by atoms with Gasteiger partial charge < -0.3 is 39.0 Å². The van der Waals surface area contributed by atoms with E-state index in [0.29, 0.717) is 25.4 Å². The van der Waals surface area contributed by atoms with Crippen molar-refractivity contribution in [3.8, 4) is 0 Å². The van der Waals surface area contributed by atoms with Crippen LogP contribution in [0, 0.1) is 12.8 Å². The number of hydrogen-bond donors (Lipinski definition) is 2. The van der Waals surface area contributed by atoms with Crippen molar-refractivity contribution in [3.63, 3.8) is 0 Å². The summed E-state index contributed by atoms with van der Waals surface area (Å²) in [4.78, 5) is 41.2. The van der Waals surface area contributed by atoms with E-state index < -0.39 is 29.0 Å². The summed E-state index contributed by atoms with van der Waals surface area (Å²) in [5.41, 5.74) is 3.87. The lowest BCUT2D eigenvalue weighted by molar-refractivity contribution is 0.00966. The Bertz CT molecular complexity index is 1820. The molecule has 3 amide bonds. The molecule has 2 heterocycles. The van der Waals surface area contributed by atoms with Gasteiger partial charge in [-0.3, -0.25) is 0 Å². The number of amides is 3. The highest BCUT2D eigenvalue weighted by Crippen LogP contribution is 2.38. The minimum Gasteiger partial charge on any atom is -0.444 e. The Morgan fingerprint density at radius 3 is 2.11 bits per heavy atom. The average molecular weight is 789 g/mol. The molecule has 0 radical (unpaired) electrons. The summed E-state index contributed by atoms with van der Waals surface area (Å²) in [5.74, 6) is 0.475. The third kappa shape index (κ3) is 13.4. The van der Waals surface area contributed by atoms with Gasteiger partial charge in [0.15, 0.2) is 0 Å². The van der Waals surface area contributed by atoms with Crippen molar-refractivity contribution in [3.05, 3.63) is 70.9 Å². The number of benzene rings is 2. The van der Waals surface area contributed by atoms with Crippen LogP contribution in [0.3, 0.4) is 0 Å². The highest BCUT2D eigenvalue weighted by Gasteiger charge is 2.34. The molecule has 57 heavy (non-hydrogen) atoms. The average Bonchev–Trinajstić information content (AvgIpc) is 3.44. The maximum absolute atomic E-state index is 14.1. The number of aryl methyl sites for hydroxylation is 1. The molecule has 1 unspecified atom stereocenters. The minimum atomic E-state index is -0.651. The maximum atomic E-state index is 14.1. The van der Waals surface area contributed by atoms with Gasteiger partial charge in [-0.25, -0.2) is 14.4 Å². The highest BCUT2D eigenvalue weighted by molar-refractivity contribution is 5.86. The maximum Gasteiger partial charge on any atom is 0.410 e. The van der Waals surface area contributed by atoms with Crippen LogP contribution in [0.4, 0.5) is 14.4 Å². The van der Waals surface area contributed by atoms with Crippen molar-refractivity contribution in [2.24, 2.45) is 5.92 Å². The number of rotatable bonds is 11. The molecule has 1 saturated heterocycles. The first kappa shape index (κ1) is 43.9. The topological polar surface area (TPSA) is 120 Å². The largest absolute Gasteiger partial charge is 0.444 e. The fourth-order valence-corrected chi connectivity index (χ4v) is 8.01. The molecule has 1 aliphatic heterocycles. The van der Waals surface area contributed by atoms with Gasteiger partial charge in [-0.1, -0.05) is 35.9 Å². The van der Waals surface area contributed by atoms with Crippen molar-refractivity contribution < 1.29 is 33.3 Å². The van der Waals surface area contributed by atoms with Crippen LogP contribution in [0.25, 0.3) is 10.9 Å². The van der Waals surface area contributed by atoms with Gasteiger partial charge in [-0.15, -0.1) is 0 Å². The Morgan fingerprint density at radius 1 is 0.825 bits per heavy atom. The Hall–Kier alpha value is -4.25. The second-order valence-corrected chi connectivity index (χ2v) is 19.1. The van der Waals surface area contributed by atoms with Gasteiger partial charge >= 0.3 is 18.3 Å². The molecular weight excluding hydrogens is 721 g/mol. The number of hydrogen-bond acceptors (Lipinski definition) is 7. The Morgan fingerprint density at radius 2 is 1.47 bits per heavy atom. The van der Waals surface area contributed by atoms with Crippen LogP contribution in [-0.4, -0.2) is 76.4 Å². The van der Waals surface area contributed by atoms with Crippen molar-refractivity contribution >= 4 is 29.2 Å². The van der Waals surface area contributed by atoms with Gasteiger partial charge in [0.05, 0.1) is 0 Å². The van der Waals surface area contributed by atoms with Gasteiger partial charge in [0.2, 0.25) is 0 Å². The van der Waals surface area contributed by atoms with Crippen LogP contribution in [0.2, 0.25) is 0 Å². The molecule has 314 valence electrons. The zero-order valence-electron chi connectivity index (χ0n) is 36.2. The minimum absolute atomic E-state index is 0.0162. The molecule has 3 aromatic rings. The SMILES string of the molecule is Cc1cccc(C(CCN(C(=O)OC(C)(C)C)[C@H]2CC[C@@H](NC(=O)OC(C)(C)C)CC2)c2cn(CC3CCOCC3)c3ccc(CNC(=O)OC(C)(C)C)cc23)c1. The Kier molecular flexibility index (Phi) is 14.3. The van der Waals surface area contributed by atoms with E-state index in [9.17, 15) is 14.4 Å². The van der Waals surface area contributed by atoms with E-state index in [1.807, 2.05) is 67.2 Å². The van der Waals surface area contributed by atoms with Crippen LogP contribution >= 0.6 is 0 Å². The van der Waals surface area contributed by atoms with Crippen LogP contribution in [-0.2, 0) is 32.0 Å². The van der Waals surface area contributed by atoms with Crippen LogP contribution in [0.1, 0.15) is 135 Å². The summed E-state index contributed by atoms with van der Waals surface area (Å²) in [6.07, 6.45) is 6.84. The lowest BCUT2D eigenvalue weighted by atomic mass is 9.86. The first-order valence-corrected chi connectivity index (χ1v) is 20.9. The molecule has 0 spiro atoms. The number of aromatic nitrogens is 1. The number of alkyl carbamates (subject to hydrolysis) is 2. The predicted molar refractivity (Wildman–Crippen MR) is 225 cm³/mol. The monoisotopic (exact) mass is 789 g/mol. The molecule has 2 fully saturated rings. The molecule has 2 aromatic carbocycles. The van der Waals surface area contributed by atoms with Crippen LogP contribution in [0.5, 0.6) is 0 Å². The smallest absolute Gasteiger partial charge is 0.410 e. The highest BCUT2D eigenvalue weighted by atomic mass is 16.6. The molecule has 1 atom stereocenters. The second kappa shape index (κ2) is 18.6. The van der Waals surface area contributed by atoms with Crippen LogP contribution in [0.15, 0.2) is 48.7 Å². The van der Waals surface area contributed by atoms with E-state index in [1.165, 1.54) is 16.7 Å². The lowest BCUT2D eigenvalue weighted by Gasteiger charge is -2.38. The fraction of sp³-hybridized carbons (Fsp3) is 0.630. The zero-order chi connectivity index (χ0) is 41.5. The zero-order valence-corrected chi connectivity index (χ0v) is 36.2. The fourth-order valence-electron chi connectivity index (χ4n) is 8.01. The van der Waals surface area contributed by atoms with Crippen molar-refractivity contribution in [2.45, 2.75) is 162 Å². The van der Waals surface area contributed by atoms with Gasteiger partial charge in [0, 0.05) is 67.9 Å². The van der Waals surface area contributed by atoms with Crippen molar-refractivity contribution in [1.29, 1.82) is 0 Å². The molecule has 1 aliphatic carbocycles. The summed E-state index contributed by atoms with van der Waals surface area (Å²) < 4.78 is 25.2. The Balaban J connectivity index is 1.47. The molecule has 11 heteroatoms.